The summed E-state index contributed by atoms with van der Waals surface area (Å²) in [5.74, 6) is 0.364. The third kappa shape index (κ3) is 3.03. The Morgan fingerprint density at radius 3 is 2.85 bits per heavy atom. The van der Waals surface area contributed by atoms with Gasteiger partial charge in [0.1, 0.15) is 5.82 Å². The van der Waals surface area contributed by atoms with E-state index in [1.807, 2.05) is 17.8 Å². The standard InChI is InChI=1S/C13H16ClN5O/c1-19-5-4-17-11(19)2-3-18-12-9(13(16)20)6-8(15)7-10(12)14/h4-7,18H,2-3,15H2,1H3,(H2,16,20). The van der Waals surface area contributed by atoms with Crippen molar-refractivity contribution in [1.82, 2.24) is 9.55 Å². The lowest BCUT2D eigenvalue weighted by molar-refractivity contribution is 0.100. The van der Waals surface area contributed by atoms with Crippen molar-refractivity contribution in [2.75, 3.05) is 17.6 Å². The van der Waals surface area contributed by atoms with E-state index in [-0.39, 0.29) is 5.56 Å². The number of carbonyl (C=O) groups excluding carboxylic acids is 1. The van der Waals surface area contributed by atoms with Crippen LogP contribution in [0.2, 0.25) is 5.02 Å². The Morgan fingerprint density at radius 1 is 1.50 bits per heavy atom. The molecule has 0 aliphatic carbocycles. The number of rotatable bonds is 5. The summed E-state index contributed by atoms with van der Waals surface area (Å²) in [5.41, 5.74) is 12.2. The SMILES string of the molecule is Cn1ccnc1CCNc1c(Cl)cc(N)cc1C(N)=O. The molecule has 0 aliphatic heterocycles. The molecule has 1 heterocycles. The van der Waals surface area contributed by atoms with Crippen molar-refractivity contribution >= 4 is 28.9 Å². The monoisotopic (exact) mass is 293 g/mol. The smallest absolute Gasteiger partial charge is 0.250 e. The van der Waals surface area contributed by atoms with Crippen molar-refractivity contribution in [1.29, 1.82) is 0 Å². The first-order chi connectivity index (χ1) is 9.49. The fourth-order valence-corrected chi connectivity index (χ4v) is 2.23. The zero-order valence-corrected chi connectivity index (χ0v) is 11.8. The summed E-state index contributed by atoms with van der Waals surface area (Å²) in [6, 6.07) is 3.09. The molecule has 0 unspecified atom stereocenters. The number of aromatic nitrogens is 2. The van der Waals surface area contributed by atoms with Gasteiger partial charge in [-0.25, -0.2) is 4.98 Å². The van der Waals surface area contributed by atoms with Crippen molar-refractivity contribution < 1.29 is 4.79 Å². The molecule has 0 aliphatic rings. The van der Waals surface area contributed by atoms with Gasteiger partial charge in [-0.05, 0) is 12.1 Å². The molecular formula is C13H16ClN5O. The van der Waals surface area contributed by atoms with Gasteiger partial charge in [0, 0.05) is 38.1 Å². The van der Waals surface area contributed by atoms with E-state index < -0.39 is 5.91 Å². The van der Waals surface area contributed by atoms with E-state index >= 15 is 0 Å². The number of primary amides is 1. The molecule has 0 saturated heterocycles. The van der Waals surface area contributed by atoms with Crippen LogP contribution in [0.15, 0.2) is 24.5 Å². The first-order valence-electron chi connectivity index (χ1n) is 6.08. The highest BCUT2D eigenvalue weighted by Crippen LogP contribution is 2.28. The molecule has 0 saturated carbocycles. The zero-order valence-electron chi connectivity index (χ0n) is 11.1. The minimum atomic E-state index is -0.571. The summed E-state index contributed by atoms with van der Waals surface area (Å²) >= 11 is 6.10. The third-order valence-corrected chi connectivity index (χ3v) is 3.25. The van der Waals surface area contributed by atoms with Gasteiger partial charge in [0.15, 0.2) is 0 Å². The topological polar surface area (TPSA) is 99.0 Å². The Hall–Kier alpha value is -2.21. The van der Waals surface area contributed by atoms with Crippen LogP contribution < -0.4 is 16.8 Å². The van der Waals surface area contributed by atoms with Crippen LogP contribution in [0, 0.1) is 0 Å². The number of hydrogen-bond donors (Lipinski definition) is 3. The van der Waals surface area contributed by atoms with Crippen molar-refractivity contribution in [2.24, 2.45) is 12.8 Å². The molecule has 1 aromatic carbocycles. The van der Waals surface area contributed by atoms with Gasteiger partial charge in [0.05, 0.1) is 16.3 Å². The molecule has 0 bridgehead atoms. The minimum absolute atomic E-state index is 0.287. The molecule has 0 fully saturated rings. The number of imidazole rings is 1. The summed E-state index contributed by atoms with van der Waals surface area (Å²) in [6.45, 7) is 0.578. The number of halogens is 1. The third-order valence-electron chi connectivity index (χ3n) is 2.95. The molecule has 5 N–H and O–H groups in total. The Morgan fingerprint density at radius 2 is 2.25 bits per heavy atom. The number of anilines is 2. The predicted molar refractivity (Wildman–Crippen MR) is 79.8 cm³/mol. The lowest BCUT2D eigenvalue weighted by atomic mass is 10.1. The maximum Gasteiger partial charge on any atom is 0.250 e. The average molecular weight is 294 g/mol. The summed E-state index contributed by atoms with van der Waals surface area (Å²) in [6.07, 6.45) is 4.31. The average Bonchev–Trinajstić information content (AvgIpc) is 2.77. The Balaban J connectivity index is 2.13. The van der Waals surface area contributed by atoms with Crippen LogP contribution in [0.4, 0.5) is 11.4 Å². The van der Waals surface area contributed by atoms with E-state index in [1.54, 1.807) is 12.3 Å². The van der Waals surface area contributed by atoms with Gasteiger partial charge in [-0.2, -0.15) is 0 Å². The van der Waals surface area contributed by atoms with Gasteiger partial charge in [-0.15, -0.1) is 0 Å². The summed E-state index contributed by atoms with van der Waals surface area (Å²) < 4.78 is 1.93. The van der Waals surface area contributed by atoms with Crippen LogP contribution in [-0.4, -0.2) is 22.0 Å². The second kappa shape index (κ2) is 5.83. The maximum absolute atomic E-state index is 11.4. The quantitative estimate of drug-likeness (QED) is 0.726. The lowest BCUT2D eigenvalue weighted by Gasteiger charge is -2.13. The Kier molecular flexibility index (Phi) is 4.14. The number of aryl methyl sites for hydroxylation is 1. The van der Waals surface area contributed by atoms with Crippen LogP contribution in [-0.2, 0) is 13.5 Å². The van der Waals surface area contributed by atoms with Gasteiger partial charge < -0.3 is 21.4 Å². The van der Waals surface area contributed by atoms with Crippen molar-refractivity contribution in [3.63, 3.8) is 0 Å². The normalized spacial score (nSPS) is 10.5. The van der Waals surface area contributed by atoms with E-state index in [2.05, 4.69) is 10.3 Å². The summed E-state index contributed by atoms with van der Waals surface area (Å²) in [7, 11) is 1.92. The highest BCUT2D eigenvalue weighted by molar-refractivity contribution is 6.34. The van der Waals surface area contributed by atoms with Crippen LogP contribution >= 0.6 is 11.6 Å². The van der Waals surface area contributed by atoms with Gasteiger partial charge in [-0.1, -0.05) is 11.6 Å². The number of benzene rings is 1. The predicted octanol–water partition coefficient (Wildman–Crippen LogP) is 1.41. The first-order valence-corrected chi connectivity index (χ1v) is 6.45. The van der Waals surface area contributed by atoms with Crippen molar-refractivity contribution in [3.05, 3.63) is 40.9 Å². The molecule has 0 radical (unpaired) electrons. The van der Waals surface area contributed by atoms with E-state index in [0.717, 1.165) is 5.82 Å². The van der Waals surface area contributed by atoms with Crippen LogP contribution in [0.1, 0.15) is 16.2 Å². The molecule has 2 rings (SSSR count). The number of hydrogen-bond acceptors (Lipinski definition) is 4. The molecule has 20 heavy (non-hydrogen) atoms. The zero-order chi connectivity index (χ0) is 14.7. The number of nitrogens with zero attached hydrogens (tertiary/aromatic N) is 2. The molecular weight excluding hydrogens is 278 g/mol. The van der Waals surface area contributed by atoms with Crippen molar-refractivity contribution in [3.8, 4) is 0 Å². The number of amides is 1. The fraction of sp³-hybridized carbons (Fsp3) is 0.231. The molecule has 1 amide bonds. The van der Waals surface area contributed by atoms with Crippen LogP contribution in [0.25, 0.3) is 0 Å². The summed E-state index contributed by atoms with van der Waals surface area (Å²) in [4.78, 5) is 15.6. The molecule has 2 aromatic rings. The molecule has 1 aromatic heterocycles. The maximum atomic E-state index is 11.4. The lowest BCUT2D eigenvalue weighted by Crippen LogP contribution is -2.17. The van der Waals surface area contributed by atoms with Gasteiger partial charge in [0.25, 0.3) is 5.91 Å². The second-order valence-electron chi connectivity index (χ2n) is 4.42. The largest absolute Gasteiger partial charge is 0.399 e. The highest BCUT2D eigenvalue weighted by Gasteiger charge is 2.13. The van der Waals surface area contributed by atoms with Crippen molar-refractivity contribution in [2.45, 2.75) is 6.42 Å². The summed E-state index contributed by atoms with van der Waals surface area (Å²) in [5, 5.41) is 3.49. The Labute approximate surface area is 121 Å². The molecule has 7 heteroatoms. The molecule has 0 spiro atoms. The number of carbonyl (C=O) groups is 1. The second-order valence-corrected chi connectivity index (χ2v) is 4.83. The first kappa shape index (κ1) is 14.2. The number of nitrogens with two attached hydrogens (primary N) is 2. The van der Waals surface area contributed by atoms with E-state index in [0.29, 0.717) is 29.4 Å². The van der Waals surface area contributed by atoms with Gasteiger partial charge in [0.2, 0.25) is 0 Å². The number of nitrogen functional groups attached to an aromatic ring is 1. The fourth-order valence-electron chi connectivity index (χ4n) is 1.94. The molecule has 0 atom stereocenters. The molecule has 106 valence electrons. The van der Waals surface area contributed by atoms with E-state index in [9.17, 15) is 4.79 Å². The van der Waals surface area contributed by atoms with Gasteiger partial charge in [-0.3, -0.25) is 4.79 Å². The van der Waals surface area contributed by atoms with Crippen LogP contribution in [0.5, 0.6) is 0 Å². The van der Waals surface area contributed by atoms with E-state index in [1.165, 1.54) is 6.07 Å². The van der Waals surface area contributed by atoms with Gasteiger partial charge >= 0.3 is 0 Å². The van der Waals surface area contributed by atoms with Crippen LogP contribution in [0.3, 0.4) is 0 Å². The number of nitrogens with one attached hydrogen (secondary N) is 1. The Bertz CT molecular complexity index is 638. The molecule has 6 nitrogen and oxygen atoms in total. The van der Waals surface area contributed by atoms with E-state index in [4.69, 9.17) is 23.1 Å². The highest BCUT2D eigenvalue weighted by atomic mass is 35.5. The minimum Gasteiger partial charge on any atom is -0.399 e.